The third kappa shape index (κ3) is 6.40. The van der Waals surface area contributed by atoms with Crippen LogP contribution in [0.3, 0.4) is 0 Å². The summed E-state index contributed by atoms with van der Waals surface area (Å²) in [6, 6.07) is 21.3. The Labute approximate surface area is 178 Å². The van der Waals surface area contributed by atoms with Crippen molar-refractivity contribution >= 4 is 17.6 Å². The molecule has 0 amide bonds. The Balaban J connectivity index is 1.47. The van der Waals surface area contributed by atoms with Crippen LogP contribution in [0, 0.1) is 10.1 Å². The van der Waals surface area contributed by atoms with Crippen LogP contribution in [-0.2, 0) is 16.0 Å². The molecule has 0 N–H and O–H groups in total. The fourth-order valence-electron chi connectivity index (χ4n) is 2.68. The summed E-state index contributed by atoms with van der Waals surface area (Å²) in [6.45, 7) is -0.253. The van der Waals surface area contributed by atoms with Crippen molar-refractivity contribution in [1.29, 1.82) is 0 Å². The van der Waals surface area contributed by atoms with Crippen molar-refractivity contribution in [2.75, 3.05) is 13.2 Å². The summed E-state index contributed by atoms with van der Waals surface area (Å²) in [5.74, 6) is -1.04. The monoisotopic (exact) mass is 421 g/mol. The first-order valence-corrected chi connectivity index (χ1v) is 9.41. The van der Waals surface area contributed by atoms with Gasteiger partial charge in [-0.15, -0.1) is 0 Å². The van der Waals surface area contributed by atoms with E-state index in [1.807, 2.05) is 30.3 Å². The summed E-state index contributed by atoms with van der Waals surface area (Å²) in [5.41, 5.74) is 1.15. The number of nitrogens with zero attached hydrogens (tertiary/aromatic N) is 1. The fourth-order valence-corrected chi connectivity index (χ4v) is 2.68. The molecule has 0 saturated carbocycles. The van der Waals surface area contributed by atoms with Gasteiger partial charge in [0, 0.05) is 12.5 Å². The van der Waals surface area contributed by atoms with Gasteiger partial charge in [0.2, 0.25) is 0 Å². The van der Waals surface area contributed by atoms with E-state index in [1.165, 1.54) is 42.5 Å². The quantitative estimate of drug-likeness (QED) is 0.223. The summed E-state index contributed by atoms with van der Waals surface area (Å²) < 4.78 is 15.6. The highest BCUT2D eigenvalue weighted by Crippen LogP contribution is 2.25. The summed E-state index contributed by atoms with van der Waals surface area (Å²) in [5, 5.41) is 11.0. The fraction of sp³-hybridized carbons (Fsp3) is 0.130. The maximum Gasteiger partial charge on any atom is 0.349 e. The molecule has 0 unspecified atom stereocenters. The number of carbonyl (C=O) groups is 2. The second-order valence-electron chi connectivity index (χ2n) is 6.38. The molecule has 0 aliphatic carbocycles. The van der Waals surface area contributed by atoms with E-state index < -0.39 is 23.5 Å². The number of esters is 2. The zero-order chi connectivity index (χ0) is 22.1. The Morgan fingerprint density at radius 1 is 0.871 bits per heavy atom. The van der Waals surface area contributed by atoms with Crippen LogP contribution in [0.4, 0.5) is 5.69 Å². The number of nitro groups is 1. The molecule has 0 radical (unpaired) electrons. The molecule has 0 aromatic heterocycles. The molecule has 3 aromatic rings. The van der Waals surface area contributed by atoms with Crippen molar-refractivity contribution in [3.05, 3.63) is 100 Å². The summed E-state index contributed by atoms with van der Waals surface area (Å²) >= 11 is 0. The first-order valence-electron chi connectivity index (χ1n) is 9.41. The molecule has 8 heteroatoms. The first kappa shape index (κ1) is 21.5. The molecule has 0 fully saturated rings. The van der Waals surface area contributed by atoms with E-state index >= 15 is 0 Å². The molecule has 158 valence electrons. The minimum Gasteiger partial charge on any atom is -0.475 e. The predicted molar refractivity (Wildman–Crippen MR) is 111 cm³/mol. The number of rotatable bonds is 9. The van der Waals surface area contributed by atoms with Gasteiger partial charge in [0.1, 0.15) is 5.75 Å². The molecule has 0 saturated heterocycles. The van der Waals surface area contributed by atoms with E-state index in [4.69, 9.17) is 14.2 Å². The summed E-state index contributed by atoms with van der Waals surface area (Å²) in [7, 11) is 0. The van der Waals surface area contributed by atoms with Crippen LogP contribution in [0.15, 0.2) is 78.9 Å². The molecular formula is C23H19NO7. The number of benzene rings is 3. The van der Waals surface area contributed by atoms with Crippen LogP contribution in [0.5, 0.6) is 11.5 Å². The molecular weight excluding hydrogens is 402 g/mol. The highest BCUT2D eigenvalue weighted by Gasteiger charge is 2.16. The molecule has 0 bridgehead atoms. The van der Waals surface area contributed by atoms with Crippen LogP contribution < -0.4 is 9.47 Å². The second-order valence-corrected chi connectivity index (χ2v) is 6.38. The van der Waals surface area contributed by atoms with Crippen molar-refractivity contribution in [3.63, 3.8) is 0 Å². The number of hydrogen-bond acceptors (Lipinski definition) is 7. The zero-order valence-corrected chi connectivity index (χ0v) is 16.4. The lowest BCUT2D eigenvalue weighted by Crippen LogP contribution is -2.18. The van der Waals surface area contributed by atoms with E-state index in [0.717, 1.165) is 5.56 Å². The Morgan fingerprint density at radius 2 is 1.55 bits per heavy atom. The molecule has 0 atom stereocenters. The molecule has 8 nitrogen and oxygen atoms in total. The Bertz CT molecular complexity index is 1050. The van der Waals surface area contributed by atoms with Gasteiger partial charge in [0.15, 0.2) is 12.4 Å². The van der Waals surface area contributed by atoms with Crippen LogP contribution >= 0.6 is 0 Å². The van der Waals surface area contributed by atoms with E-state index in [0.29, 0.717) is 12.0 Å². The van der Waals surface area contributed by atoms with Crippen molar-refractivity contribution in [1.82, 2.24) is 0 Å². The van der Waals surface area contributed by atoms with Crippen LogP contribution in [-0.4, -0.2) is 30.1 Å². The molecule has 3 rings (SSSR count). The van der Waals surface area contributed by atoms with E-state index in [2.05, 4.69) is 0 Å². The maximum absolute atomic E-state index is 12.1. The maximum atomic E-state index is 12.1. The number of carbonyl (C=O) groups excluding carboxylic acids is 2. The van der Waals surface area contributed by atoms with E-state index in [-0.39, 0.29) is 23.8 Å². The normalized spacial score (nSPS) is 10.2. The smallest absolute Gasteiger partial charge is 0.349 e. The van der Waals surface area contributed by atoms with Gasteiger partial charge in [0.25, 0.3) is 0 Å². The standard InChI is InChI=1S/C23H19NO7/c25-22(16-30-21-9-5-4-8-20(21)24(27)28)31-19-12-10-18(11-13-19)23(26)29-15-14-17-6-2-1-3-7-17/h1-13H,14-16H2. The van der Waals surface area contributed by atoms with Gasteiger partial charge in [-0.2, -0.15) is 0 Å². The lowest BCUT2D eigenvalue weighted by molar-refractivity contribution is -0.385. The second kappa shape index (κ2) is 10.5. The topological polar surface area (TPSA) is 105 Å². The number of nitro benzene ring substituents is 1. The van der Waals surface area contributed by atoms with Gasteiger partial charge >= 0.3 is 17.6 Å². The number of ether oxygens (including phenoxy) is 3. The molecule has 0 heterocycles. The van der Waals surface area contributed by atoms with Crippen LogP contribution in [0.2, 0.25) is 0 Å². The van der Waals surface area contributed by atoms with Crippen molar-refractivity contribution in [2.45, 2.75) is 6.42 Å². The minimum atomic E-state index is -0.740. The SMILES string of the molecule is O=C(COc1ccccc1[N+](=O)[O-])Oc1ccc(C(=O)OCCc2ccccc2)cc1. The third-order valence-electron chi connectivity index (χ3n) is 4.20. The Hall–Kier alpha value is -4.20. The lowest BCUT2D eigenvalue weighted by atomic mass is 10.2. The molecule has 0 spiro atoms. The van der Waals surface area contributed by atoms with Crippen LogP contribution in [0.1, 0.15) is 15.9 Å². The number of hydrogen-bond donors (Lipinski definition) is 0. The molecule has 31 heavy (non-hydrogen) atoms. The predicted octanol–water partition coefficient (Wildman–Crippen LogP) is 3.98. The van der Waals surface area contributed by atoms with Gasteiger partial charge < -0.3 is 14.2 Å². The van der Waals surface area contributed by atoms with Crippen molar-refractivity contribution in [2.24, 2.45) is 0 Å². The van der Waals surface area contributed by atoms with E-state index in [1.54, 1.807) is 6.07 Å². The van der Waals surface area contributed by atoms with Crippen molar-refractivity contribution in [3.8, 4) is 11.5 Å². The largest absolute Gasteiger partial charge is 0.475 e. The van der Waals surface area contributed by atoms with Crippen molar-refractivity contribution < 1.29 is 28.7 Å². The summed E-state index contributed by atoms with van der Waals surface area (Å²) in [6.07, 6.45) is 0.613. The highest BCUT2D eigenvalue weighted by atomic mass is 16.6. The average molecular weight is 421 g/mol. The van der Waals surface area contributed by atoms with Gasteiger partial charge in [0.05, 0.1) is 17.1 Å². The van der Waals surface area contributed by atoms with Gasteiger partial charge in [-0.3, -0.25) is 10.1 Å². The molecule has 3 aromatic carbocycles. The average Bonchev–Trinajstić information content (AvgIpc) is 2.79. The first-order chi connectivity index (χ1) is 15.0. The lowest BCUT2D eigenvalue weighted by Gasteiger charge is -2.08. The third-order valence-corrected chi connectivity index (χ3v) is 4.20. The number of para-hydroxylation sites is 2. The molecule has 0 aliphatic heterocycles. The van der Waals surface area contributed by atoms with Gasteiger partial charge in [-0.1, -0.05) is 42.5 Å². The summed E-state index contributed by atoms with van der Waals surface area (Å²) in [4.78, 5) is 34.4. The Morgan fingerprint density at radius 3 is 2.26 bits per heavy atom. The minimum absolute atomic E-state index is 0.0296. The molecule has 0 aliphatic rings. The Kier molecular flexibility index (Phi) is 7.31. The van der Waals surface area contributed by atoms with Gasteiger partial charge in [-0.05, 0) is 35.9 Å². The highest BCUT2D eigenvalue weighted by molar-refractivity contribution is 5.89. The van der Waals surface area contributed by atoms with Crippen LogP contribution in [0.25, 0.3) is 0 Å². The zero-order valence-electron chi connectivity index (χ0n) is 16.4. The van der Waals surface area contributed by atoms with E-state index in [9.17, 15) is 19.7 Å². The van der Waals surface area contributed by atoms with Gasteiger partial charge in [-0.25, -0.2) is 9.59 Å².